The number of aliphatic hydroxyl groups is 1. The van der Waals surface area contributed by atoms with Crippen LogP contribution in [0.25, 0.3) is 6.08 Å². The van der Waals surface area contributed by atoms with E-state index in [1.165, 1.54) is 32.6 Å². The average molecular weight is 483 g/mol. The first kappa shape index (κ1) is 24.6. The molecule has 1 amide bonds. The van der Waals surface area contributed by atoms with Gasteiger partial charge < -0.3 is 28.6 Å². The Morgan fingerprint density at radius 2 is 1.91 bits per heavy atom. The minimum absolute atomic E-state index is 0.0244. The Kier molecular flexibility index (Phi) is 7.89. The molecule has 1 N–H and O–H groups in total. The lowest BCUT2D eigenvalue weighted by molar-refractivity contribution is -0.129. The molecule has 1 unspecified atom stereocenters. The van der Waals surface area contributed by atoms with Gasteiger partial charge in [0, 0.05) is 26.2 Å². The molecule has 2 aliphatic rings. The summed E-state index contributed by atoms with van der Waals surface area (Å²) < 4.78 is 21.4. The molecule has 4 rings (SSSR count). The number of rotatable bonds is 10. The summed E-state index contributed by atoms with van der Waals surface area (Å²) in [4.78, 5) is 30.2. The molecule has 1 aromatic carbocycles. The van der Waals surface area contributed by atoms with Crippen molar-refractivity contribution in [2.24, 2.45) is 0 Å². The van der Waals surface area contributed by atoms with Crippen LogP contribution in [0.3, 0.4) is 0 Å². The van der Waals surface area contributed by atoms with Crippen LogP contribution in [0.5, 0.6) is 11.5 Å². The first-order valence-corrected chi connectivity index (χ1v) is 11.6. The maximum Gasteiger partial charge on any atom is 0.290 e. The first-order valence-electron chi connectivity index (χ1n) is 11.6. The largest absolute Gasteiger partial charge is 0.503 e. The van der Waals surface area contributed by atoms with Crippen LogP contribution >= 0.6 is 0 Å². The van der Waals surface area contributed by atoms with Gasteiger partial charge in [0.2, 0.25) is 0 Å². The van der Waals surface area contributed by atoms with Crippen molar-refractivity contribution in [2.75, 3.05) is 53.6 Å². The van der Waals surface area contributed by atoms with Gasteiger partial charge in [-0.05, 0) is 48.4 Å². The zero-order chi connectivity index (χ0) is 24.8. The number of allylic oxidation sites excluding steroid dienone is 1. The molecule has 1 atom stereocenters. The van der Waals surface area contributed by atoms with E-state index in [1.54, 1.807) is 35.2 Å². The Bertz CT molecular complexity index is 1100. The van der Waals surface area contributed by atoms with Crippen molar-refractivity contribution >= 4 is 17.8 Å². The molecule has 0 bridgehead atoms. The molecule has 0 saturated carbocycles. The number of carbonyl (C=O) groups excluding carboxylic acids is 2. The number of aliphatic hydroxyl groups excluding tert-OH is 1. The first-order chi connectivity index (χ1) is 17.0. The zero-order valence-electron chi connectivity index (χ0n) is 19.9. The molecule has 186 valence electrons. The van der Waals surface area contributed by atoms with Gasteiger partial charge in [-0.1, -0.05) is 6.07 Å². The molecule has 9 heteroatoms. The molecule has 1 aromatic heterocycles. The molecule has 0 aliphatic carbocycles. The van der Waals surface area contributed by atoms with Gasteiger partial charge in [0.15, 0.2) is 23.0 Å². The SMILES string of the molecule is COc1ccc(C2C(C(=O)/C=C/c3ccco3)=C(O)C(=O)N2CCCN2CCOCC2)cc1OC. The van der Waals surface area contributed by atoms with E-state index in [9.17, 15) is 14.7 Å². The van der Waals surface area contributed by atoms with Crippen LogP contribution in [0.2, 0.25) is 0 Å². The monoisotopic (exact) mass is 482 g/mol. The van der Waals surface area contributed by atoms with Gasteiger partial charge in [0.1, 0.15) is 5.76 Å². The molecule has 3 heterocycles. The van der Waals surface area contributed by atoms with Gasteiger partial charge >= 0.3 is 0 Å². The number of amides is 1. The lowest BCUT2D eigenvalue weighted by atomic mass is 9.95. The Labute approximate surface area is 204 Å². The lowest BCUT2D eigenvalue weighted by Crippen LogP contribution is -2.39. The van der Waals surface area contributed by atoms with Gasteiger partial charge in [0.05, 0.1) is 45.3 Å². The quantitative estimate of drug-likeness (QED) is 0.516. The predicted molar refractivity (Wildman–Crippen MR) is 128 cm³/mol. The third-order valence-corrected chi connectivity index (χ3v) is 6.21. The minimum Gasteiger partial charge on any atom is -0.503 e. The van der Waals surface area contributed by atoms with Crippen molar-refractivity contribution in [1.82, 2.24) is 9.80 Å². The molecular weight excluding hydrogens is 452 g/mol. The fourth-order valence-corrected chi connectivity index (χ4v) is 4.43. The van der Waals surface area contributed by atoms with E-state index in [0.717, 1.165) is 19.6 Å². The predicted octanol–water partition coefficient (Wildman–Crippen LogP) is 3.00. The summed E-state index contributed by atoms with van der Waals surface area (Å²) in [5, 5.41) is 10.8. The summed E-state index contributed by atoms with van der Waals surface area (Å²) in [6.45, 7) is 4.24. The Morgan fingerprint density at radius 3 is 2.60 bits per heavy atom. The highest BCUT2D eigenvalue weighted by atomic mass is 16.5. The van der Waals surface area contributed by atoms with Crippen molar-refractivity contribution in [2.45, 2.75) is 12.5 Å². The molecule has 1 fully saturated rings. The van der Waals surface area contributed by atoms with Gasteiger partial charge in [-0.3, -0.25) is 14.5 Å². The van der Waals surface area contributed by atoms with Crippen LogP contribution < -0.4 is 9.47 Å². The fraction of sp³-hybridized carbons (Fsp3) is 0.385. The number of nitrogens with zero attached hydrogens (tertiary/aromatic N) is 2. The second-order valence-corrected chi connectivity index (χ2v) is 8.30. The van der Waals surface area contributed by atoms with Gasteiger partial charge in [-0.2, -0.15) is 0 Å². The second-order valence-electron chi connectivity index (χ2n) is 8.30. The van der Waals surface area contributed by atoms with Gasteiger partial charge in [-0.15, -0.1) is 0 Å². The van der Waals surface area contributed by atoms with Crippen molar-refractivity contribution in [3.05, 3.63) is 65.3 Å². The molecule has 0 spiro atoms. The van der Waals surface area contributed by atoms with E-state index in [2.05, 4.69) is 4.90 Å². The molecule has 9 nitrogen and oxygen atoms in total. The maximum atomic E-state index is 13.2. The minimum atomic E-state index is -0.763. The summed E-state index contributed by atoms with van der Waals surface area (Å²) >= 11 is 0. The van der Waals surface area contributed by atoms with Crippen LogP contribution in [0, 0.1) is 0 Å². The molecule has 2 aliphatic heterocycles. The summed E-state index contributed by atoms with van der Waals surface area (Å²) in [5.74, 6) is -0.0875. The Morgan fingerprint density at radius 1 is 1.14 bits per heavy atom. The summed E-state index contributed by atoms with van der Waals surface area (Å²) in [7, 11) is 3.06. The maximum absolute atomic E-state index is 13.2. The van der Waals surface area contributed by atoms with Crippen molar-refractivity contribution in [3.63, 3.8) is 0 Å². The third-order valence-electron chi connectivity index (χ3n) is 6.21. The third kappa shape index (κ3) is 5.41. The van der Waals surface area contributed by atoms with E-state index in [0.29, 0.717) is 49.0 Å². The highest BCUT2D eigenvalue weighted by Crippen LogP contribution is 2.41. The Balaban J connectivity index is 1.62. The number of ketones is 1. The molecule has 0 radical (unpaired) electrons. The van der Waals surface area contributed by atoms with Crippen LogP contribution in [0.1, 0.15) is 23.8 Å². The van der Waals surface area contributed by atoms with Crippen LogP contribution in [-0.4, -0.2) is 80.2 Å². The van der Waals surface area contributed by atoms with Crippen molar-refractivity contribution in [1.29, 1.82) is 0 Å². The number of methoxy groups -OCH3 is 2. The summed E-state index contributed by atoms with van der Waals surface area (Å²) in [6.07, 6.45) is 5.01. The molecular formula is C26H30N2O7. The van der Waals surface area contributed by atoms with Crippen LogP contribution in [-0.2, 0) is 14.3 Å². The number of hydrogen-bond acceptors (Lipinski definition) is 8. The van der Waals surface area contributed by atoms with E-state index >= 15 is 0 Å². The van der Waals surface area contributed by atoms with E-state index < -0.39 is 23.5 Å². The van der Waals surface area contributed by atoms with Gasteiger partial charge in [0.25, 0.3) is 5.91 Å². The number of benzene rings is 1. The summed E-state index contributed by atoms with van der Waals surface area (Å²) in [5.41, 5.74) is 0.664. The lowest BCUT2D eigenvalue weighted by Gasteiger charge is -2.30. The van der Waals surface area contributed by atoms with Crippen LogP contribution in [0.4, 0.5) is 0 Å². The summed E-state index contributed by atoms with van der Waals surface area (Å²) in [6, 6.07) is 7.88. The second kappa shape index (κ2) is 11.2. The number of carbonyl (C=O) groups is 2. The number of ether oxygens (including phenoxy) is 3. The number of hydrogen-bond donors (Lipinski definition) is 1. The van der Waals surface area contributed by atoms with Crippen molar-refractivity contribution in [3.8, 4) is 11.5 Å². The van der Waals surface area contributed by atoms with Crippen LogP contribution in [0.15, 0.2) is 58.4 Å². The highest BCUT2D eigenvalue weighted by molar-refractivity contribution is 6.14. The molecule has 1 saturated heterocycles. The van der Waals surface area contributed by atoms with Crippen molar-refractivity contribution < 1.29 is 33.3 Å². The van der Waals surface area contributed by atoms with E-state index in [-0.39, 0.29) is 5.57 Å². The smallest absolute Gasteiger partial charge is 0.290 e. The zero-order valence-corrected chi connectivity index (χ0v) is 19.9. The topological polar surface area (TPSA) is 102 Å². The Hall–Kier alpha value is -3.56. The number of morpholine rings is 1. The normalized spacial score (nSPS) is 19.1. The van der Waals surface area contributed by atoms with E-state index in [1.807, 2.05) is 0 Å². The molecule has 35 heavy (non-hydrogen) atoms. The highest BCUT2D eigenvalue weighted by Gasteiger charge is 2.43. The fourth-order valence-electron chi connectivity index (χ4n) is 4.43. The molecule has 2 aromatic rings. The average Bonchev–Trinajstić information content (AvgIpc) is 3.50. The standard InChI is InChI=1S/C26H30N2O7/c1-32-21-9-6-18(17-22(21)33-2)24-23(20(29)8-7-19-5-3-14-35-19)25(30)26(31)28(24)11-4-10-27-12-15-34-16-13-27/h3,5-9,14,17,24,30H,4,10-13,15-16H2,1-2H3/b8-7+. The van der Waals surface area contributed by atoms with E-state index in [4.69, 9.17) is 18.6 Å². The number of furan rings is 1. The van der Waals surface area contributed by atoms with Gasteiger partial charge in [-0.25, -0.2) is 0 Å².